The van der Waals surface area contributed by atoms with E-state index < -0.39 is 0 Å². The maximum Gasteiger partial charge on any atom is 0.103 e. The van der Waals surface area contributed by atoms with Gasteiger partial charge in [0.2, 0.25) is 0 Å². The lowest BCUT2D eigenvalue weighted by Gasteiger charge is -1.85. The second-order valence-electron chi connectivity index (χ2n) is 1.40. The third-order valence-corrected chi connectivity index (χ3v) is 0.741. The first kappa shape index (κ1) is 6.67. The van der Waals surface area contributed by atoms with Crippen LogP contribution >= 0.6 is 0 Å². The standard InChI is InChI=1S/C6H10F/c1-3-5-6(7)4-2/h3,5H2,1-2H3. The van der Waals surface area contributed by atoms with Gasteiger partial charge in [-0.25, -0.2) is 4.39 Å². The van der Waals surface area contributed by atoms with E-state index >= 15 is 0 Å². The summed E-state index contributed by atoms with van der Waals surface area (Å²) in [6.45, 7) is 3.53. The maximum absolute atomic E-state index is 11.9. The lowest BCUT2D eigenvalue weighted by molar-refractivity contribution is 0.577. The van der Waals surface area contributed by atoms with E-state index in [1.165, 1.54) is 0 Å². The molecule has 0 heterocycles. The van der Waals surface area contributed by atoms with Crippen LogP contribution in [0.15, 0.2) is 5.83 Å². The third-order valence-electron chi connectivity index (χ3n) is 0.741. The molecule has 0 nitrogen and oxygen atoms in total. The Bertz CT molecular complexity index is 64.6. The molecule has 0 rings (SSSR count). The van der Waals surface area contributed by atoms with Crippen LogP contribution in [0, 0.1) is 6.08 Å². The van der Waals surface area contributed by atoms with Crippen molar-refractivity contribution in [3.63, 3.8) is 0 Å². The molecule has 0 N–H and O–H groups in total. The Morgan fingerprint density at radius 3 is 2.43 bits per heavy atom. The number of rotatable bonds is 2. The fraction of sp³-hybridized carbons (Fsp3) is 0.667. The third kappa shape index (κ3) is 3.50. The van der Waals surface area contributed by atoms with Gasteiger partial charge in [-0.15, -0.1) is 0 Å². The van der Waals surface area contributed by atoms with Crippen LogP contribution in [0.1, 0.15) is 26.7 Å². The van der Waals surface area contributed by atoms with Crippen LogP contribution in [0.4, 0.5) is 4.39 Å². The second kappa shape index (κ2) is 3.85. The molecule has 0 aromatic carbocycles. The summed E-state index contributed by atoms with van der Waals surface area (Å²) in [6.07, 6.45) is 3.82. The summed E-state index contributed by atoms with van der Waals surface area (Å²) in [7, 11) is 0. The molecule has 0 saturated heterocycles. The second-order valence-corrected chi connectivity index (χ2v) is 1.40. The number of halogens is 1. The minimum atomic E-state index is -0.123. The predicted octanol–water partition coefficient (Wildman–Crippen LogP) is 2.46. The first-order chi connectivity index (χ1) is 3.31. The van der Waals surface area contributed by atoms with Gasteiger partial charge in [0.1, 0.15) is 5.83 Å². The Morgan fingerprint density at radius 1 is 1.71 bits per heavy atom. The van der Waals surface area contributed by atoms with E-state index in [1.807, 2.05) is 6.92 Å². The SMILES string of the molecule is C/[C]=C(\F)CCC. The van der Waals surface area contributed by atoms with Gasteiger partial charge in [0.05, 0.1) is 0 Å². The fourth-order valence-corrected chi connectivity index (χ4v) is 0.344. The van der Waals surface area contributed by atoms with E-state index in [2.05, 4.69) is 6.08 Å². The highest BCUT2D eigenvalue weighted by Crippen LogP contribution is 2.02. The zero-order valence-electron chi connectivity index (χ0n) is 4.79. The molecule has 1 radical (unpaired) electrons. The lowest BCUT2D eigenvalue weighted by Crippen LogP contribution is -1.68. The van der Waals surface area contributed by atoms with Gasteiger partial charge in [0.15, 0.2) is 0 Å². The van der Waals surface area contributed by atoms with E-state index in [9.17, 15) is 4.39 Å². The van der Waals surface area contributed by atoms with Crippen LogP contribution < -0.4 is 0 Å². The monoisotopic (exact) mass is 101 g/mol. The van der Waals surface area contributed by atoms with Crippen LogP contribution in [0.25, 0.3) is 0 Å². The summed E-state index contributed by atoms with van der Waals surface area (Å²) in [5.41, 5.74) is 0. The van der Waals surface area contributed by atoms with Gasteiger partial charge in [0, 0.05) is 0 Å². The van der Waals surface area contributed by atoms with Crippen molar-refractivity contribution in [3.05, 3.63) is 11.9 Å². The van der Waals surface area contributed by atoms with Gasteiger partial charge < -0.3 is 0 Å². The summed E-state index contributed by atoms with van der Waals surface area (Å²) in [5.74, 6) is -0.123. The molecule has 0 spiro atoms. The summed E-state index contributed by atoms with van der Waals surface area (Å²) in [4.78, 5) is 0. The molecular weight excluding hydrogens is 91.1 g/mol. The molecule has 7 heavy (non-hydrogen) atoms. The van der Waals surface area contributed by atoms with Crippen LogP contribution in [-0.2, 0) is 0 Å². The van der Waals surface area contributed by atoms with Crippen molar-refractivity contribution in [1.82, 2.24) is 0 Å². The number of hydrogen-bond acceptors (Lipinski definition) is 0. The van der Waals surface area contributed by atoms with E-state index in [-0.39, 0.29) is 5.83 Å². The molecule has 0 bridgehead atoms. The highest BCUT2D eigenvalue weighted by atomic mass is 19.1. The molecule has 1 heteroatoms. The smallest absolute Gasteiger partial charge is 0.103 e. The minimum absolute atomic E-state index is 0.123. The zero-order chi connectivity index (χ0) is 5.70. The van der Waals surface area contributed by atoms with E-state index in [1.54, 1.807) is 6.92 Å². The van der Waals surface area contributed by atoms with Crippen molar-refractivity contribution < 1.29 is 4.39 Å². The summed E-state index contributed by atoms with van der Waals surface area (Å²) in [6, 6.07) is 0. The van der Waals surface area contributed by atoms with Crippen molar-refractivity contribution in [2.75, 3.05) is 0 Å². The molecule has 0 aromatic rings. The maximum atomic E-state index is 11.9. The van der Waals surface area contributed by atoms with E-state index in [4.69, 9.17) is 0 Å². The number of allylic oxidation sites excluding steroid dienone is 2. The lowest BCUT2D eigenvalue weighted by atomic mass is 10.3. The van der Waals surface area contributed by atoms with Gasteiger partial charge >= 0.3 is 0 Å². The van der Waals surface area contributed by atoms with Crippen LogP contribution in [0.2, 0.25) is 0 Å². The summed E-state index contributed by atoms with van der Waals surface area (Å²) in [5, 5.41) is 0. The molecule has 0 saturated carbocycles. The number of hydrogen-bond donors (Lipinski definition) is 0. The molecule has 0 amide bonds. The summed E-state index contributed by atoms with van der Waals surface area (Å²) >= 11 is 0. The molecule has 0 aromatic heterocycles. The van der Waals surface area contributed by atoms with Gasteiger partial charge in [-0.2, -0.15) is 0 Å². The zero-order valence-corrected chi connectivity index (χ0v) is 4.79. The van der Waals surface area contributed by atoms with E-state index in [0.717, 1.165) is 6.42 Å². The minimum Gasteiger partial charge on any atom is -0.212 e. The van der Waals surface area contributed by atoms with Crippen LogP contribution in [0.5, 0.6) is 0 Å². The quantitative estimate of drug-likeness (QED) is 0.501. The van der Waals surface area contributed by atoms with Crippen molar-refractivity contribution in [2.24, 2.45) is 0 Å². The van der Waals surface area contributed by atoms with E-state index in [0.29, 0.717) is 6.42 Å². The van der Waals surface area contributed by atoms with Gasteiger partial charge in [-0.05, 0) is 25.8 Å². The molecular formula is C6H10F. The van der Waals surface area contributed by atoms with Crippen molar-refractivity contribution in [2.45, 2.75) is 26.7 Å². The fourth-order valence-electron chi connectivity index (χ4n) is 0.344. The Balaban J connectivity index is 3.17. The highest BCUT2D eigenvalue weighted by molar-refractivity contribution is 4.80. The first-order valence-corrected chi connectivity index (χ1v) is 2.50. The first-order valence-electron chi connectivity index (χ1n) is 2.50. The average molecular weight is 101 g/mol. The molecule has 0 aliphatic carbocycles. The van der Waals surface area contributed by atoms with Crippen LogP contribution in [-0.4, -0.2) is 0 Å². The normalized spacial score (nSPS) is 12.1. The van der Waals surface area contributed by atoms with Crippen molar-refractivity contribution in [3.8, 4) is 0 Å². The predicted molar refractivity (Wildman–Crippen MR) is 28.4 cm³/mol. The van der Waals surface area contributed by atoms with Gasteiger partial charge in [-0.1, -0.05) is 6.92 Å². The van der Waals surface area contributed by atoms with Gasteiger partial charge in [-0.3, -0.25) is 0 Å². The average Bonchev–Trinajstić information content (AvgIpc) is 1.68. The van der Waals surface area contributed by atoms with Crippen LogP contribution in [0.3, 0.4) is 0 Å². The Morgan fingerprint density at radius 2 is 2.29 bits per heavy atom. The molecule has 0 fully saturated rings. The molecule has 0 aliphatic heterocycles. The molecule has 0 atom stereocenters. The highest BCUT2D eigenvalue weighted by Gasteiger charge is 1.85. The molecule has 41 valence electrons. The molecule has 0 aliphatic rings. The largest absolute Gasteiger partial charge is 0.212 e. The topological polar surface area (TPSA) is 0 Å². The Labute approximate surface area is 44.0 Å². The van der Waals surface area contributed by atoms with Crippen molar-refractivity contribution in [1.29, 1.82) is 0 Å². The Kier molecular flexibility index (Phi) is 3.67. The van der Waals surface area contributed by atoms with Crippen molar-refractivity contribution >= 4 is 0 Å². The summed E-state index contributed by atoms with van der Waals surface area (Å²) < 4.78 is 11.9. The van der Waals surface area contributed by atoms with Gasteiger partial charge in [0.25, 0.3) is 0 Å². The Hall–Kier alpha value is -0.330. The molecule has 0 unspecified atom stereocenters.